The average Bonchev–Trinajstić information content (AvgIpc) is 2.68. The lowest BCUT2D eigenvalue weighted by Gasteiger charge is -2.31. The van der Waals surface area contributed by atoms with Crippen molar-refractivity contribution in [3.63, 3.8) is 0 Å². The third-order valence-corrected chi connectivity index (χ3v) is 6.93. The lowest BCUT2D eigenvalue weighted by molar-refractivity contribution is -0.120. The summed E-state index contributed by atoms with van der Waals surface area (Å²) in [6.07, 6.45) is 1.23. The molecule has 0 aliphatic carbocycles. The Labute approximate surface area is 165 Å². The molecule has 0 spiro atoms. The molecule has 1 N–H and O–H groups in total. The molecule has 0 radical (unpaired) electrons. The quantitative estimate of drug-likeness (QED) is 0.819. The van der Waals surface area contributed by atoms with Crippen molar-refractivity contribution >= 4 is 21.6 Å². The standard InChI is InChI=1S/C21H25FN2O3S/c1-15(2)19-7-3-4-8-20(19)23-21(25)16-6-5-13-24(14-16)28(26,27)18-11-9-17(22)10-12-18/h3-4,7-12,15-16H,5-6,13-14H2,1-2H3,(H,23,25)/t16-/m1/s1. The number of anilines is 1. The second kappa shape index (κ2) is 8.41. The van der Waals surface area contributed by atoms with Gasteiger partial charge in [0.2, 0.25) is 15.9 Å². The number of hydrogen-bond donors (Lipinski definition) is 1. The minimum Gasteiger partial charge on any atom is -0.326 e. The summed E-state index contributed by atoms with van der Waals surface area (Å²) in [6, 6.07) is 12.4. The van der Waals surface area contributed by atoms with E-state index in [1.54, 1.807) is 0 Å². The van der Waals surface area contributed by atoms with Gasteiger partial charge in [-0.05, 0) is 54.7 Å². The van der Waals surface area contributed by atoms with Crippen LogP contribution >= 0.6 is 0 Å². The molecule has 1 atom stereocenters. The van der Waals surface area contributed by atoms with E-state index in [0.717, 1.165) is 23.4 Å². The van der Waals surface area contributed by atoms with Crippen molar-refractivity contribution < 1.29 is 17.6 Å². The summed E-state index contributed by atoms with van der Waals surface area (Å²) in [5.74, 6) is -0.826. The van der Waals surface area contributed by atoms with E-state index in [9.17, 15) is 17.6 Å². The molecule has 0 saturated carbocycles. The van der Waals surface area contributed by atoms with Crippen LogP contribution in [0.15, 0.2) is 53.4 Å². The molecule has 28 heavy (non-hydrogen) atoms. The van der Waals surface area contributed by atoms with Gasteiger partial charge in [0, 0.05) is 18.8 Å². The molecular formula is C21H25FN2O3S. The first-order valence-electron chi connectivity index (χ1n) is 9.44. The molecule has 7 heteroatoms. The molecule has 1 amide bonds. The summed E-state index contributed by atoms with van der Waals surface area (Å²) in [5.41, 5.74) is 1.81. The van der Waals surface area contributed by atoms with Gasteiger partial charge in [-0.25, -0.2) is 12.8 Å². The van der Waals surface area contributed by atoms with Crippen molar-refractivity contribution in [2.24, 2.45) is 5.92 Å². The first-order valence-corrected chi connectivity index (χ1v) is 10.9. The molecular weight excluding hydrogens is 379 g/mol. The number of rotatable bonds is 5. The SMILES string of the molecule is CC(C)c1ccccc1NC(=O)[C@@H]1CCCN(S(=O)(=O)c2ccc(F)cc2)C1. The monoisotopic (exact) mass is 404 g/mol. The topological polar surface area (TPSA) is 66.5 Å². The van der Waals surface area contributed by atoms with Crippen LogP contribution < -0.4 is 5.32 Å². The highest BCUT2D eigenvalue weighted by Gasteiger charge is 2.33. The van der Waals surface area contributed by atoms with Gasteiger partial charge in [-0.1, -0.05) is 32.0 Å². The van der Waals surface area contributed by atoms with E-state index >= 15 is 0 Å². The Morgan fingerprint density at radius 3 is 2.50 bits per heavy atom. The number of benzene rings is 2. The molecule has 1 aliphatic rings. The Bertz CT molecular complexity index is 942. The Hall–Kier alpha value is -2.25. The van der Waals surface area contributed by atoms with E-state index < -0.39 is 21.8 Å². The fourth-order valence-corrected chi connectivity index (χ4v) is 5.00. The van der Waals surface area contributed by atoms with Crippen molar-refractivity contribution in [2.45, 2.75) is 37.5 Å². The Kier molecular flexibility index (Phi) is 6.15. The van der Waals surface area contributed by atoms with Crippen molar-refractivity contribution in [3.8, 4) is 0 Å². The number of nitrogens with one attached hydrogen (secondary N) is 1. The molecule has 5 nitrogen and oxygen atoms in total. The van der Waals surface area contributed by atoms with Gasteiger partial charge in [0.1, 0.15) is 5.82 Å². The van der Waals surface area contributed by atoms with Crippen LogP contribution in [0.25, 0.3) is 0 Å². The highest BCUT2D eigenvalue weighted by atomic mass is 32.2. The zero-order chi connectivity index (χ0) is 20.3. The maximum atomic E-state index is 13.1. The van der Waals surface area contributed by atoms with Gasteiger partial charge in [-0.2, -0.15) is 4.31 Å². The maximum absolute atomic E-state index is 13.1. The molecule has 2 aromatic rings. The number of hydrogen-bond acceptors (Lipinski definition) is 3. The Balaban J connectivity index is 1.74. The van der Waals surface area contributed by atoms with Gasteiger partial charge in [0.15, 0.2) is 0 Å². The van der Waals surface area contributed by atoms with Crippen LogP contribution in [0.1, 0.15) is 38.2 Å². The van der Waals surface area contributed by atoms with Gasteiger partial charge in [-0.3, -0.25) is 4.79 Å². The minimum absolute atomic E-state index is 0.0418. The van der Waals surface area contributed by atoms with Gasteiger partial charge < -0.3 is 5.32 Å². The molecule has 1 aliphatic heterocycles. The fourth-order valence-electron chi connectivity index (χ4n) is 3.48. The number of para-hydroxylation sites is 1. The highest BCUT2D eigenvalue weighted by molar-refractivity contribution is 7.89. The van der Waals surface area contributed by atoms with E-state index in [-0.39, 0.29) is 23.3 Å². The fraction of sp³-hybridized carbons (Fsp3) is 0.381. The number of amides is 1. The molecule has 0 unspecified atom stereocenters. The van der Waals surface area contributed by atoms with Crippen LogP contribution in [0.3, 0.4) is 0 Å². The van der Waals surface area contributed by atoms with Crippen molar-refractivity contribution in [1.29, 1.82) is 0 Å². The number of nitrogens with zero attached hydrogens (tertiary/aromatic N) is 1. The smallest absolute Gasteiger partial charge is 0.243 e. The normalized spacial score (nSPS) is 18.2. The third-order valence-electron chi connectivity index (χ3n) is 5.05. The van der Waals surface area contributed by atoms with E-state index in [2.05, 4.69) is 19.2 Å². The van der Waals surface area contributed by atoms with Gasteiger partial charge in [0.05, 0.1) is 10.8 Å². The Morgan fingerprint density at radius 1 is 1.14 bits per heavy atom. The lowest BCUT2D eigenvalue weighted by Crippen LogP contribution is -2.43. The first kappa shape index (κ1) is 20.5. The molecule has 1 fully saturated rings. The van der Waals surface area contributed by atoms with Crippen LogP contribution in [0.4, 0.5) is 10.1 Å². The Morgan fingerprint density at radius 2 is 1.82 bits per heavy atom. The molecule has 3 rings (SSSR count). The van der Waals surface area contributed by atoms with E-state index in [1.807, 2.05) is 24.3 Å². The zero-order valence-corrected chi connectivity index (χ0v) is 16.9. The molecule has 150 valence electrons. The maximum Gasteiger partial charge on any atom is 0.243 e. The van der Waals surface area contributed by atoms with E-state index in [4.69, 9.17) is 0 Å². The number of halogens is 1. The summed E-state index contributed by atoms with van der Waals surface area (Å²) >= 11 is 0. The van der Waals surface area contributed by atoms with Crippen LogP contribution in [-0.2, 0) is 14.8 Å². The predicted molar refractivity (Wildman–Crippen MR) is 107 cm³/mol. The molecule has 2 aromatic carbocycles. The van der Waals surface area contributed by atoms with Gasteiger partial charge in [-0.15, -0.1) is 0 Å². The number of sulfonamides is 1. The second-order valence-corrected chi connectivity index (χ2v) is 9.33. The zero-order valence-electron chi connectivity index (χ0n) is 16.1. The summed E-state index contributed by atoms with van der Waals surface area (Å²) in [4.78, 5) is 12.9. The van der Waals surface area contributed by atoms with E-state index in [1.165, 1.54) is 16.4 Å². The summed E-state index contributed by atoms with van der Waals surface area (Å²) < 4.78 is 40.1. The molecule has 0 aromatic heterocycles. The highest BCUT2D eigenvalue weighted by Crippen LogP contribution is 2.27. The van der Waals surface area contributed by atoms with Crippen molar-refractivity contribution in [2.75, 3.05) is 18.4 Å². The van der Waals surface area contributed by atoms with Gasteiger partial charge >= 0.3 is 0 Å². The summed E-state index contributed by atoms with van der Waals surface area (Å²) in [6.45, 7) is 4.59. The van der Waals surface area contributed by atoms with Crippen LogP contribution in [0.5, 0.6) is 0 Å². The minimum atomic E-state index is -3.75. The second-order valence-electron chi connectivity index (χ2n) is 7.39. The number of carbonyl (C=O) groups is 1. The van der Waals surface area contributed by atoms with Crippen LogP contribution in [0, 0.1) is 11.7 Å². The van der Waals surface area contributed by atoms with Crippen molar-refractivity contribution in [3.05, 3.63) is 59.9 Å². The average molecular weight is 405 g/mol. The predicted octanol–water partition coefficient (Wildman–Crippen LogP) is 3.99. The third kappa shape index (κ3) is 4.42. The largest absolute Gasteiger partial charge is 0.326 e. The molecule has 1 saturated heterocycles. The van der Waals surface area contributed by atoms with Crippen molar-refractivity contribution in [1.82, 2.24) is 4.31 Å². The first-order chi connectivity index (χ1) is 13.3. The lowest BCUT2D eigenvalue weighted by atomic mass is 9.97. The van der Waals surface area contributed by atoms with E-state index in [0.29, 0.717) is 19.4 Å². The summed E-state index contributed by atoms with van der Waals surface area (Å²) in [5, 5.41) is 2.97. The van der Waals surface area contributed by atoms with Crippen LogP contribution in [0.2, 0.25) is 0 Å². The molecule has 1 heterocycles. The van der Waals surface area contributed by atoms with Crippen LogP contribution in [-0.4, -0.2) is 31.7 Å². The van der Waals surface area contributed by atoms with Gasteiger partial charge in [0.25, 0.3) is 0 Å². The number of piperidine rings is 1. The molecule has 0 bridgehead atoms. The number of carbonyl (C=O) groups excluding carboxylic acids is 1. The summed E-state index contributed by atoms with van der Waals surface area (Å²) in [7, 11) is -3.75.